The van der Waals surface area contributed by atoms with Gasteiger partial charge in [-0.2, -0.15) is 15.2 Å². The van der Waals surface area contributed by atoms with Gasteiger partial charge in [0.05, 0.1) is 25.1 Å². The van der Waals surface area contributed by atoms with Crippen LogP contribution in [0, 0.1) is 11.3 Å². The van der Waals surface area contributed by atoms with Crippen LogP contribution in [-0.2, 0) is 0 Å². The fraction of sp³-hybridized carbons (Fsp3) is 0.455. The molecule has 0 bridgehead atoms. The molecule has 9 nitrogen and oxygen atoms in total. The van der Waals surface area contributed by atoms with E-state index in [9.17, 15) is 5.26 Å². The van der Waals surface area contributed by atoms with E-state index in [0.717, 1.165) is 44.2 Å². The number of aromatic nitrogens is 4. The molecule has 0 aliphatic heterocycles. The Balaban J connectivity index is 1.51. The van der Waals surface area contributed by atoms with Gasteiger partial charge in [0.15, 0.2) is 17.0 Å². The summed E-state index contributed by atoms with van der Waals surface area (Å²) in [5, 5.41) is 16.2. The summed E-state index contributed by atoms with van der Waals surface area (Å²) < 4.78 is 7.47. The van der Waals surface area contributed by atoms with Crippen LogP contribution < -0.4 is 21.1 Å². The number of nitriles is 1. The average molecular weight is 419 g/mol. The molecule has 2 aliphatic carbocycles. The first-order chi connectivity index (χ1) is 15.1. The second kappa shape index (κ2) is 8.04. The summed E-state index contributed by atoms with van der Waals surface area (Å²) >= 11 is 0. The molecular weight excluding hydrogens is 392 g/mol. The highest BCUT2D eigenvalue weighted by molar-refractivity contribution is 5.87. The standard InChI is InChI=1S/C22H26N8O/c1-31-18-9-13(11-23)8-16(10-18)26-20-19-21(30(12-25-19)17-6-7-17)29-22(28-20)27-15-4-2-14(24)3-5-15/h8-10,12,14-15,17H,2-7,24H2,1H3,(H2,26,27,28,29). The summed E-state index contributed by atoms with van der Waals surface area (Å²) in [6.45, 7) is 0. The van der Waals surface area contributed by atoms with Gasteiger partial charge < -0.3 is 25.7 Å². The fourth-order valence-corrected chi connectivity index (χ4v) is 4.12. The molecule has 1 aromatic carbocycles. The maximum atomic E-state index is 9.34. The Kier molecular flexibility index (Phi) is 5.08. The third-order valence-corrected chi connectivity index (χ3v) is 6.00. The molecule has 2 saturated carbocycles. The van der Waals surface area contributed by atoms with Gasteiger partial charge in [0.25, 0.3) is 0 Å². The van der Waals surface area contributed by atoms with Crippen molar-refractivity contribution in [2.45, 2.75) is 56.7 Å². The molecule has 2 aromatic heterocycles. The third kappa shape index (κ3) is 4.11. The first-order valence-electron chi connectivity index (χ1n) is 10.8. The number of methoxy groups -OCH3 is 1. The number of ether oxygens (including phenoxy) is 1. The summed E-state index contributed by atoms with van der Waals surface area (Å²) in [5.74, 6) is 1.80. The topological polar surface area (TPSA) is 127 Å². The average Bonchev–Trinajstić information content (AvgIpc) is 3.54. The molecule has 160 valence electrons. The second-order valence-electron chi connectivity index (χ2n) is 8.39. The lowest BCUT2D eigenvalue weighted by atomic mass is 9.92. The van der Waals surface area contributed by atoms with Crippen molar-refractivity contribution < 1.29 is 4.74 Å². The largest absolute Gasteiger partial charge is 0.497 e. The van der Waals surface area contributed by atoms with Crippen molar-refractivity contribution in [3.05, 3.63) is 30.1 Å². The van der Waals surface area contributed by atoms with Crippen LogP contribution in [0.25, 0.3) is 11.2 Å². The van der Waals surface area contributed by atoms with Gasteiger partial charge >= 0.3 is 0 Å². The SMILES string of the molecule is COc1cc(C#N)cc(Nc2nc(NC3CCC(N)CC3)nc3c2ncn3C2CC2)c1. The Morgan fingerprint density at radius 1 is 1.13 bits per heavy atom. The van der Waals surface area contributed by atoms with Crippen molar-refractivity contribution in [2.75, 3.05) is 17.7 Å². The molecule has 9 heteroatoms. The lowest BCUT2D eigenvalue weighted by Gasteiger charge is -2.26. The number of nitrogens with one attached hydrogen (secondary N) is 2. The predicted molar refractivity (Wildman–Crippen MR) is 118 cm³/mol. The van der Waals surface area contributed by atoms with Gasteiger partial charge in [-0.15, -0.1) is 0 Å². The number of hydrogen-bond acceptors (Lipinski definition) is 8. The molecule has 0 spiro atoms. The van der Waals surface area contributed by atoms with E-state index in [1.807, 2.05) is 12.4 Å². The minimum absolute atomic E-state index is 0.289. The van der Waals surface area contributed by atoms with E-state index in [0.29, 0.717) is 46.4 Å². The molecule has 2 aliphatic rings. The number of rotatable bonds is 6. The van der Waals surface area contributed by atoms with Crippen molar-refractivity contribution in [3.63, 3.8) is 0 Å². The summed E-state index contributed by atoms with van der Waals surface area (Å²) in [4.78, 5) is 14.2. The van der Waals surface area contributed by atoms with Gasteiger partial charge in [-0.1, -0.05) is 0 Å². The van der Waals surface area contributed by atoms with Crippen LogP contribution in [0.2, 0.25) is 0 Å². The number of hydrogen-bond donors (Lipinski definition) is 3. The zero-order valence-electron chi connectivity index (χ0n) is 17.5. The number of imidazole rings is 1. The molecule has 0 atom stereocenters. The van der Waals surface area contributed by atoms with Gasteiger partial charge in [-0.05, 0) is 50.7 Å². The molecule has 0 saturated heterocycles. The molecule has 0 unspecified atom stereocenters. The lowest BCUT2D eigenvalue weighted by molar-refractivity contribution is 0.410. The molecular formula is C22H26N8O. The predicted octanol–water partition coefficient (Wildman–Crippen LogP) is 3.47. The van der Waals surface area contributed by atoms with Crippen LogP contribution in [0.15, 0.2) is 24.5 Å². The molecule has 0 amide bonds. The van der Waals surface area contributed by atoms with E-state index in [1.54, 1.807) is 19.2 Å². The molecule has 0 radical (unpaired) electrons. The van der Waals surface area contributed by atoms with E-state index in [1.165, 1.54) is 0 Å². The van der Waals surface area contributed by atoms with Crippen LogP contribution in [0.4, 0.5) is 17.5 Å². The number of benzene rings is 1. The van der Waals surface area contributed by atoms with Crippen molar-refractivity contribution >= 4 is 28.6 Å². The molecule has 2 fully saturated rings. The molecule has 31 heavy (non-hydrogen) atoms. The van der Waals surface area contributed by atoms with E-state index >= 15 is 0 Å². The molecule has 5 rings (SSSR count). The summed E-state index contributed by atoms with van der Waals surface area (Å²) in [7, 11) is 1.58. The van der Waals surface area contributed by atoms with Crippen LogP contribution >= 0.6 is 0 Å². The molecule has 4 N–H and O–H groups in total. The van der Waals surface area contributed by atoms with Crippen LogP contribution in [0.3, 0.4) is 0 Å². The maximum Gasteiger partial charge on any atom is 0.227 e. The fourth-order valence-electron chi connectivity index (χ4n) is 4.12. The van der Waals surface area contributed by atoms with E-state index in [2.05, 4.69) is 26.3 Å². The number of nitrogens with zero attached hydrogens (tertiary/aromatic N) is 5. The number of fused-ring (bicyclic) bond motifs is 1. The Hall–Kier alpha value is -3.38. The highest BCUT2D eigenvalue weighted by Crippen LogP contribution is 2.38. The summed E-state index contributed by atoms with van der Waals surface area (Å²) in [5.41, 5.74) is 8.81. The Bertz CT molecular complexity index is 1140. The molecule has 2 heterocycles. The quantitative estimate of drug-likeness (QED) is 0.555. The van der Waals surface area contributed by atoms with Gasteiger partial charge in [-0.3, -0.25) is 0 Å². The van der Waals surface area contributed by atoms with Gasteiger partial charge in [0.2, 0.25) is 5.95 Å². The summed E-state index contributed by atoms with van der Waals surface area (Å²) in [6.07, 6.45) is 8.16. The van der Waals surface area contributed by atoms with Crippen molar-refractivity contribution in [1.82, 2.24) is 19.5 Å². The zero-order valence-corrected chi connectivity index (χ0v) is 17.5. The first-order valence-corrected chi connectivity index (χ1v) is 10.8. The van der Waals surface area contributed by atoms with E-state index in [-0.39, 0.29) is 6.04 Å². The Morgan fingerprint density at radius 2 is 1.94 bits per heavy atom. The summed E-state index contributed by atoms with van der Waals surface area (Å²) in [6, 6.07) is 8.52. The normalized spacial score (nSPS) is 20.9. The van der Waals surface area contributed by atoms with E-state index < -0.39 is 0 Å². The lowest BCUT2D eigenvalue weighted by Crippen LogP contribution is -2.33. The van der Waals surface area contributed by atoms with Crippen LogP contribution in [-0.4, -0.2) is 38.7 Å². The van der Waals surface area contributed by atoms with E-state index in [4.69, 9.17) is 20.4 Å². The van der Waals surface area contributed by atoms with Gasteiger partial charge in [0.1, 0.15) is 5.75 Å². The smallest absolute Gasteiger partial charge is 0.227 e. The van der Waals surface area contributed by atoms with Crippen LogP contribution in [0.1, 0.15) is 50.1 Å². The van der Waals surface area contributed by atoms with Gasteiger partial charge in [-0.25, -0.2) is 4.98 Å². The van der Waals surface area contributed by atoms with Crippen molar-refractivity contribution in [3.8, 4) is 11.8 Å². The number of anilines is 3. The maximum absolute atomic E-state index is 9.34. The zero-order chi connectivity index (χ0) is 21.4. The van der Waals surface area contributed by atoms with Gasteiger partial charge in [0, 0.05) is 29.9 Å². The Morgan fingerprint density at radius 3 is 2.65 bits per heavy atom. The first kappa shape index (κ1) is 19.6. The minimum Gasteiger partial charge on any atom is -0.497 e. The highest BCUT2D eigenvalue weighted by Gasteiger charge is 2.27. The van der Waals surface area contributed by atoms with Crippen molar-refractivity contribution in [2.24, 2.45) is 5.73 Å². The third-order valence-electron chi connectivity index (χ3n) is 6.00. The van der Waals surface area contributed by atoms with Crippen molar-refractivity contribution in [1.29, 1.82) is 5.26 Å². The number of nitrogens with two attached hydrogens (primary N) is 1. The molecule has 3 aromatic rings. The van der Waals surface area contributed by atoms with Crippen LogP contribution in [0.5, 0.6) is 5.75 Å². The Labute approximate surface area is 180 Å². The monoisotopic (exact) mass is 418 g/mol. The highest BCUT2D eigenvalue weighted by atomic mass is 16.5. The minimum atomic E-state index is 0.289. The second-order valence-corrected chi connectivity index (χ2v) is 8.39.